The van der Waals surface area contributed by atoms with E-state index in [2.05, 4.69) is 52.2 Å². The second-order valence-electron chi connectivity index (χ2n) is 13.3. The van der Waals surface area contributed by atoms with Gasteiger partial charge in [-0.2, -0.15) is 0 Å². The number of allylic oxidation sites excluding steroid dienone is 2. The lowest BCUT2D eigenvalue weighted by atomic mass is 9.81. The first kappa shape index (κ1) is 37.9. The van der Waals surface area contributed by atoms with Gasteiger partial charge in [-0.15, -0.1) is 0 Å². The molecule has 2 rings (SSSR count). The standard InChI is InChI=1S/C34H66O6Si2/c1-9-13-15-17-25-41(5,6)39-31-23-19-21-29(33(31)37-27-35-11-3)30-22-20-24-32(34(30)38-28-36-12-4)40-42(7,8)26-18-16-14-10-2/h21-22,31-34H,9-20,23-28H2,1-8H3/t31-,32-,33-,34-/m0/s1. The highest BCUT2D eigenvalue weighted by atomic mass is 28.4. The quantitative estimate of drug-likeness (QED) is 0.0640. The van der Waals surface area contributed by atoms with Crippen LogP contribution < -0.4 is 0 Å². The summed E-state index contributed by atoms with van der Waals surface area (Å²) in [6.45, 7) is 19.9. The average Bonchev–Trinajstić information content (AvgIpc) is 2.95. The van der Waals surface area contributed by atoms with E-state index in [9.17, 15) is 0 Å². The van der Waals surface area contributed by atoms with E-state index >= 15 is 0 Å². The molecule has 42 heavy (non-hydrogen) atoms. The Bertz CT molecular complexity index is 720. The van der Waals surface area contributed by atoms with Crippen molar-refractivity contribution in [1.82, 2.24) is 0 Å². The first-order valence-electron chi connectivity index (χ1n) is 17.3. The summed E-state index contributed by atoms with van der Waals surface area (Å²) in [5.74, 6) is 0. The van der Waals surface area contributed by atoms with Gasteiger partial charge in [0.25, 0.3) is 0 Å². The Hall–Kier alpha value is -0.326. The molecule has 4 atom stereocenters. The maximum Gasteiger partial charge on any atom is 0.187 e. The van der Waals surface area contributed by atoms with Crippen LogP contribution in [0.5, 0.6) is 0 Å². The van der Waals surface area contributed by atoms with E-state index in [1.165, 1.54) is 74.6 Å². The summed E-state index contributed by atoms with van der Waals surface area (Å²) < 4.78 is 38.5. The number of hydrogen-bond donors (Lipinski definition) is 0. The van der Waals surface area contributed by atoms with Gasteiger partial charge in [0.2, 0.25) is 0 Å². The molecular weight excluding hydrogens is 561 g/mol. The van der Waals surface area contributed by atoms with Gasteiger partial charge >= 0.3 is 0 Å². The molecule has 0 radical (unpaired) electrons. The summed E-state index contributed by atoms with van der Waals surface area (Å²) in [5.41, 5.74) is 2.41. The van der Waals surface area contributed by atoms with Crippen LogP contribution in [0.25, 0.3) is 0 Å². The Balaban J connectivity index is 2.27. The summed E-state index contributed by atoms with van der Waals surface area (Å²) in [7, 11) is -3.71. The van der Waals surface area contributed by atoms with Crippen LogP contribution in [-0.2, 0) is 27.8 Å². The topological polar surface area (TPSA) is 55.4 Å². The molecule has 0 aromatic carbocycles. The maximum absolute atomic E-state index is 7.03. The molecule has 0 aromatic rings. The van der Waals surface area contributed by atoms with Crippen molar-refractivity contribution in [3.05, 3.63) is 23.3 Å². The number of hydrogen-bond acceptors (Lipinski definition) is 6. The molecule has 6 nitrogen and oxygen atoms in total. The van der Waals surface area contributed by atoms with Crippen LogP contribution in [0.3, 0.4) is 0 Å². The second-order valence-corrected chi connectivity index (χ2v) is 21.8. The third kappa shape index (κ3) is 13.8. The van der Waals surface area contributed by atoms with Crippen molar-refractivity contribution in [3.8, 4) is 0 Å². The van der Waals surface area contributed by atoms with Crippen LogP contribution in [0.15, 0.2) is 23.3 Å². The highest BCUT2D eigenvalue weighted by molar-refractivity contribution is 6.71. The molecule has 8 heteroatoms. The minimum Gasteiger partial charge on any atom is -0.411 e. The SMILES string of the molecule is CCCCCC[Si](C)(C)O[C@H]1CCC=C(C2=CCC[C@H](O[Si](C)(C)CCCCCC)[C@H]2OCOCC)[C@@H]1OCOCC. The van der Waals surface area contributed by atoms with Crippen molar-refractivity contribution >= 4 is 16.6 Å². The largest absolute Gasteiger partial charge is 0.411 e. The molecule has 2 aliphatic rings. The first-order chi connectivity index (χ1) is 20.2. The minimum atomic E-state index is -1.85. The van der Waals surface area contributed by atoms with Crippen LogP contribution in [0.4, 0.5) is 0 Å². The Morgan fingerprint density at radius 1 is 0.595 bits per heavy atom. The van der Waals surface area contributed by atoms with E-state index in [1.807, 2.05) is 13.8 Å². The average molecular weight is 627 g/mol. The van der Waals surface area contributed by atoms with E-state index in [0.717, 1.165) is 25.7 Å². The third-order valence-corrected chi connectivity index (χ3v) is 13.5. The zero-order valence-corrected chi connectivity index (χ0v) is 30.6. The lowest BCUT2D eigenvalue weighted by Gasteiger charge is -2.42. The number of ether oxygens (including phenoxy) is 4. The zero-order chi connectivity index (χ0) is 30.8. The van der Waals surface area contributed by atoms with E-state index in [-0.39, 0.29) is 38.0 Å². The van der Waals surface area contributed by atoms with Crippen molar-refractivity contribution in [1.29, 1.82) is 0 Å². The maximum atomic E-state index is 7.03. The normalized spacial score (nSPS) is 23.6. The van der Waals surface area contributed by atoms with E-state index in [0.29, 0.717) is 13.2 Å². The Labute approximate surface area is 261 Å². The smallest absolute Gasteiger partial charge is 0.187 e. The van der Waals surface area contributed by atoms with E-state index in [1.54, 1.807) is 0 Å². The summed E-state index contributed by atoms with van der Waals surface area (Å²) >= 11 is 0. The van der Waals surface area contributed by atoms with Gasteiger partial charge in [0.05, 0.1) is 12.2 Å². The van der Waals surface area contributed by atoms with E-state index in [4.69, 9.17) is 27.8 Å². The van der Waals surface area contributed by atoms with Crippen molar-refractivity contribution in [2.24, 2.45) is 0 Å². The molecule has 0 heterocycles. The second kappa shape index (κ2) is 20.7. The van der Waals surface area contributed by atoms with Crippen LogP contribution >= 0.6 is 0 Å². The van der Waals surface area contributed by atoms with Crippen molar-refractivity contribution in [2.45, 2.75) is 167 Å². The summed E-state index contributed by atoms with van der Waals surface area (Å²) in [6.07, 6.45) is 18.6. The molecule has 0 aliphatic heterocycles. The van der Waals surface area contributed by atoms with Crippen LogP contribution in [0.2, 0.25) is 38.3 Å². The van der Waals surface area contributed by atoms with Gasteiger partial charge in [-0.05, 0) is 89.0 Å². The molecule has 0 amide bonds. The van der Waals surface area contributed by atoms with Gasteiger partial charge in [0.1, 0.15) is 25.8 Å². The van der Waals surface area contributed by atoms with Crippen molar-refractivity contribution in [2.75, 3.05) is 26.8 Å². The van der Waals surface area contributed by atoms with Crippen LogP contribution in [0.1, 0.15) is 105 Å². The highest BCUT2D eigenvalue weighted by Gasteiger charge is 2.41. The minimum absolute atomic E-state index is 0.0254. The predicted octanol–water partition coefficient (Wildman–Crippen LogP) is 9.53. The fourth-order valence-electron chi connectivity index (χ4n) is 6.24. The number of unbranched alkanes of at least 4 members (excludes halogenated alkanes) is 6. The Morgan fingerprint density at radius 3 is 1.36 bits per heavy atom. The molecular formula is C34H66O6Si2. The monoisotopic (exact) mass is 626 g/mol. The summed E-state index contributed by atoms with van der Waals surface area (Å²) in [6, 6.07) is 2.38. The first-order valence-corrected chi connectivity index (χ1v) is 23.6. The lowest BCUT2D eigenvalue weighted by molar-refractivity contribution is -0.118. The Morgan fingerprint density at radius 2 is 1.00 bits per heavy atom. The molecule has 2 aliphatic carbocycles. The molecule has 0 N–H and O–H groups in total. The predicted molar refractivity (Wildman–Crippen MR) is 180 cm³/mol. The lowest BCUT2D eigenvalue weighted by Crippen LogP contribution is -2.48. The van der Waals surface area contributed by atoms with E-state index < -0.39 is 16.6 Å². The highest BCUT2D eigenvalue weighted by Crippen LogP contribution is 2.39. The van der Waals surface area contributed by atoms with Crippen molar-refractivity contribution in [3.63, 3.8) is 0 Å². The van der Waals surface area contributed by atoms with Gasteiger partial charge in [-0.25, -0.2) is 0 Å². The molecule has 246 valence electrons. The van der Waals surface area contributed by atoms with Gasteiger partial charge in [-0.1, -0.05) is 77.4 Å². The number of rotatable bonds is 23. The molecule has 0 unspecified atom stereocenters. The molecule has 0 bridgehead atoms. The molecule has 0 saturated heterocycles. The van der Waals surface area contributed by atoms with Crippen LogP contribution in [-0.4, -0.2) is 67.9 Å². The van der Waals surface area contributed by atoms with Gasteiger partial charge in [0.15, 0.2) is 16.6 Å². The summed E-state index contributed by atoms with van der Waals surface area (Å²) in [4.78, 5) is 0. The van der Waals surface area contributed by atoms with Gasteiger partial charge < -0.3 is 27.8 Å². The van der Waals surface area contributed by atoms with Crippen LogP contribution in [0, 0.1) is 0 Å². The fourth-order valence-corrected chi connectivity index (χ4v) is 10.8. The Kier molecular flexibility index (Phi) is 18.6. The van der Waals surface area contributed by atoms with Gasteiger partial charge in [0, 0.05) is 13.2 Å². The molecule has 0 aromatic heterocycles. The molecule has 0 fully saturated rings. The third-order valence-electron chi connectivity index (χ3n) is 8.53. The van der Waals surface area contributed by atoms with Gasteiger partial charge in [-0.3, -0.25) is 0 Å². The fraction of sp³-hybridized carbons (Fsp3) is 0.882. The van der Waals surface area contributed by atoms with Crippen molar-refractivity contribution < 1.29 is 27.8 Å². The molecule has 0 spiro atoms. The molecule has 0 saturated carbocycles. The zero-order valence-electron chi connectivity index (χ0n) is 28.6. The summed E-state index contributed by atoms with van der Waals surface area (Å²) in [5, 5.41) is 0.